The third kappa shape index (κ3) is 2.81. The highest BCUT2D eigenvalue weighted by Gasteiger charge is 2.09. The minimum Gasteiger partial charge on any atom is -0.383 e. The van der Waals surface area contributed by atoms with Crippen LogP contribution >= 0.6 is 0 Å². The lowest BCUT2D eigenvalue weighted by Gasteiger charge is -2.00. The van der Waals surface area contributed by atoms with Crippen LogP contribution in [0.25, 0.3) is 5.65 Å². The van der Waals surface area contributed by atoms with Crippen molar-refractivity contribution in [3.63, 3.8) is 0 Å². The molecule has 0 radical (unpaired) electrons. The van der Waals surface area contributed by atoms with Gasteiger partial charge in [-0.2, -0.15) is 0 Å². The third-order valence-corrected chi connectivity index (χ3v) is 3.21. The van der Waals surface area contributed by atoms with Crippen LogP contribution in [0.2, 0.25) is 0 Å². The molecule has 0 aliphatic rings. The number of aromatic nitrogens is 2. The molecule has 2 heterocycles. The molecule has 0 amide bonds. The van der Waals surface area contributed by atoms with Crippen LogP contribution in [0.5, 0.6) is 0 Å². The second-order valence-electron chi connectivity index (χ2n) is 4.68. The van der Waals surface area contributed by atoms with E-state index in [2.05, 4.69) is 11.9 Å². The highest BCUT2D eigenvalue weighted by Crippen LogP contribution is 2.18. The van der Waals surface area contributed by atoms with Gasteiger partial charge in [0.25, 0.3) is 0 Å². The molecule has 0 unspecified atom stereocenters. The quantitative estimate of drug-likeness (QED) is 0.795. The number of halogens is 1. The number of nitrogens with two attached hydrogens (primary N) is 1. The SMILES string of the molecule is CCCCCCCc1nc2ccc(F)cn2c1N. The molecule has 0 saturated carbocycles. The molecule has 98 valence electrons. The second kappa shape index (κ2) is 5.85. The summed E-state index contributed by atoms with van der Waals surface area (Å²) in [7, 11) is 0. The number of imidazole rings is 1. The molecule has 0 aromatic carbocycles. The van der Waals surface area contributed by atoms with Crippen molar-refractivity contribution in [1.29, 1.82) is 0 Å². The van der Waals surface area contributed by atoms with Crippen LogP contribution in [0.1, 0.15) is 44.7 Å². The van der Waals surface area contributed by atoms with Crippen molar-refractivity contribution < 1.29 is 4.39 Å². The van der Waals surface area contributed by atoms with Gasteiger partial charge in [0.2, 0.25) is 0 Å². The fraction of sp³-hybridized carbons (Fsp3) is 0.500. The largest absolute Gasteiger partial charge is 0.383 e. The lowest BCUT2D eigenvalue weighted by molar-refractivity contribution is 0.619. The molecule has 0 atom stereocenters. The maximum absolute atomic E-state index is 13.1. The average Bonchev–Trinajstić information content (AvgIpc) is 2.67. The number of nitrogens with zero attached hydrogens (tertiary/aromatic N) is 2. The van der Waals surface area contributed by atoms with Gasteiger partial charge in [0.05, 0.1) is 5.69 Å². The number of nitrogen functional groups attached to an aromatic ring is 1. The van der Waals surface area contributed by atoms with E-state index in [0.717, 1.165) is 24.2 Å². The molecule has 3 nitrogen and oxygen atoms in total. The molecule has 2 N–H and O–H groups in total. The van der Waals surface area contributed by atoms with E-state index in [4.69, 9.17) is 5.73 Å². The van der Waals surface area contributed by atoms with Crippen molar-refractivity contribution in [1.82, 2.24) is 9.38 Å². The number of pyridine rings is 1. The molecule has 4 heteroatoms. The summed E-state index contributed by atoms with van der Waals surface area (Å²) < 4.78 is 14.7. The molecule has 2 aromatic rings. The van der Waals surface area contributed by atoms with Gasteiger partial charge < -0.3 is 5.73 Å². The Bertz CT molecular complexity index is 519. The standard InChI is InChI=1S/C14H20FN3/c1-2-3-4-5-6-7-12-14(16)18-10-11(15)8-9-13(18)17-12/h8-10H,2-7,16H2,1H3. The second-order valence-corrected chi connectivity index (χ2v) is 4.68. The zero-order valence-electron chi connectivity index (χ0n) is 10.8. The van der Waals surface area contributed by atoms with Crippen molar-refractivity contribution in [3.8, 4) is 0 Å². The molecular formula is C14H20FN3. The Balaban J connectivity index is 2.03. The molecular weight excluding hydrogens is 229 g/mol. The maximum Gasteiger partial charge on any atom is 0.140 e. The van der Waals surface area contributed by atoms with E-state index < -0.39 is 0 Å². The molecule has 0 fully saturated rings. The first-order valence-corrected chi connectivity index (χ1v) is 6.64. The van der Waals surface area contributed by atoms with Crippen molar-refractivity contribution in [2.24, 2.45) is 0 Å². The van der Waals surface area contributed by atoms with Gasteiger partial charge in [0.15, 0.2) is 0 Å². The predicted molar refractivity (Wildman–Crippen MR) is 72.0 cm³/mol. The van der Waals surface area contributed by atoms with E-state index in [9.17, 15) is 4.39 Å². The monoisotopic (exact) mass is 249 g/mol. The van der Waals surface area contributed by atoms with Crippen LogP contribution < -0.4 is 5.73 Å². The molecule has 2 aromatic heterocycles. The number of hydrogen-bond acceptors (Lipinski definition) is 2. The van der Waals surface area contributed by atoms with Gasteiger partial charge in [0, 0.05) is 6.20 Å². The lowest BCUT2D eigenvalue weighted by atomic mass is 10.1. The van der Waals surface area contributed by atoms with Crippen LogP contribution in [-0.2, 0) is 6.42 Å². The van der Waals surface area contributed by atoms with Crippen LogP contribution in [0.15, 0.2) is 18.3 Å². The summed E-state index contributed by atoms with van der Waals surface area (Å²) in [5.41, 5.74) is 7.59. The number of anilines is 1. The summed E-state index contributed by atoms with van der Waals surface area (Å²) >= 11 is 0. The van der Waals surface area contributed by atoms with Gasteiger partial charge in [-0.15, -0.1) is 0 Å². The Morgan fingerprint density at radius 2 is 2.00 bits per heavy atom. The minimum atomic E-state index is -0.291. The number of aryl methyl sites for hydroxylation is 1. The van der Waals surface area contributed by atoms with Crippen molar-refractivity contribution in [2.75, 3.05) is 5.73 Å². The van der Waals surface area contributed by atoms with E-state index in [1.54, 1.807) is 10.5 Å². The highest BCUT2D eigenvalue weighted by molar-refractivity contribution is 5.52. The summed E-state index contributed by atoms with van der Waals surface area (Å²) in [6, 6.07) is 3.07. The van der Waals surface area contributed by atoms with Crippen LogP contribution in [0.3, 0.4) is 0 Å². The summed E-state index contributed by atoms with van der Waals surface area (Å²) in [6.45, 7) is 2.20. The first-order valence-electron chi connectivity index (χ1n) is 6.64. The number of hydrogen-bond donors (Lipinski definition) is 1. The Kier molecular flexibility index (Phi) is 4.18. The van der Waals surface area contributed by atoms with Crippen LogP contribution in [-0.4, -0.2) is 9.38 Å². The van der Waals surface area contributed by atoms with E-state index in [1.807, 2.05) is 0 Å². The topological polar surface area (TPSA) is 43.3 Å². The zero-order chi connectivity index (χ0) is 13.0. The van der Waals surface area contributed by atoms with E-state index in [1.165, 1.54) is 37.9 Å². The Morgan fingerprint density at radius 1 is 1.22 bits per heavy atom. The smallest absolute Gasteiger partial charge is 0.140 e. The minimum absolute atomic E-state index is 0.291. The summed E-state index contributed by atoms with van der Waals surface area (Å²) in [6.07, 6.45) is 8.35. The Morgan fingerprint density at radius 3 is 2.78 bits per heavy atom. The highest BCUT2D eigenvalue weighted by atomic mass is 19.1. The van der Waals surface area contributed by atoms with Gasteiger partial charge in [-0.3, -0.25) is 4.40 Å². The molecule has 0 spiro atoms. The summed E-state index contributed by atoms with van der Waals surface area (Å²) in [4.78, 5) is 4.44. The van der Waals surface area contributed by atoms with Gasteiger partial charge in [-0.25, -0.2) is 9.37 Å². The van der Waals surface area contributed by atoms with Crippen molar-refractivity contribution in [2.45, 2.75) is 45.4 Å². The number of rotatable bonds is 6. The van der Waals surface area contributed by atoms with E-state index in [0.29, 0.717) is 5.82 Å². The van der Waals surface area contributed by atoms with E-state index >= 15 is 0 Å². The molecule has 0 aliphatic carbocycles. The molecule has 0 saturated heterocycles. The third-order valence-electron chi connectivity index (χ3n) is 3.21. The Hall–Kier alpha value is -1.58. The zero-order valence-corrected chi connectivity index (χ0v) is 10.8. The van der Waals surface area contributed by atoms with Crippen molar-refractivity contribution in [3.05, 3.63) is 29.8 Å². The van der Waals surface area contributed by atoms with Gasteiger partial charge in [-0.1, -0.05) is 32.6 Å². The number of unbranched alkanes of at least 4 members (excludes halogenated alkanes) is 4. The van der Waals surface area contributed by atoms with Gasteiger partial charge >= 0.3 is 0 Å². The first kappa shape index (κ1) is 12.9. The summed E-state index contributed by atoms with van der Waals surface area (Å²) in [5, 5.41) is 0. The predicted octanol–water partition coefficient (Wildman–Crippen LogP) is 3.57. The fourth-order valence-corrected chi connectivity index (χ4v) is 2.17. The first-order chi connectivity index (χ1) is 8.72. The Labute approximate surface area is 107 Å². The molecule has 0 aliphatic heterocycles. The fourth-order valence-electron chi connectivity index (χ4n) is 2.17. The van der Waals surface area contributed by atoms with Crippen molar-refractivity contribution >= 4 is 11.5 Å². The van der Waals surface area contributed by atoms with E-state index in [-0.39, 0.29) is 5.82 Å². The number of fused-ring (bicyclic) bond motifs is 1. The van der Waals surface area contributed by atoms with Crippen LogP contribution in [0, 0.1) is 5.82 Å². The molecule has 2 rings (SSSR count). The van der Waals surface area contributed by atoms with Gasteiger partial charge in [0.1, 0.15) is 17.3 Å². The normalized spacial score (nSPS) is 11.2. The van der Waals surface area contributed by atoms with Gasteiger partial charge in [-0.05, 0) is 25.0 Å². The lowest BCUT2D eigenvalue weighted by Crippen LogP contribution is -1.97. The average molecular weight is 249 g/mol. The van der Waals surface area contributed by atoms with Crippen LogP contribution in [0.4, 0.5) is 10.2 Å². The molecule has 0 bridgehead atoms. The maximum atomic E-state index is 13.1. The summed E-state index contributed by atoms with van der Waals surface area (Å²) in [5.74, 6) is 0.279. The molecule has 18 heavy (non-hydrogen) atoms.